The Labute approximate surface area is 238 Å². The van der Waals surface area contributed by atoms with Crippen molar-refractivity contribution in [2.75, 3.05) is 0 Å². The van der Waals surface area contributed by atoms with Crippen molar-refractivity contribution in [3.8, 4) is 11.5 Å². The maximum atomic E-state index is 15.2. The van der Waals surface area contributed by atoms with Crippen LogP contribution in [0.4, 0.5) is 26.6 Å². The average Bonchev–Trinajstić information content (AvgIpc) is 2.93. The maximum Gasteiger partial charge on any atom is 0.435 e. The molecule has 0 aliphatic rings. The van der Waals surface area contributed by atoms with Gasteiger partial charge >= 0.3 is 59.0 Å². The van der Waals surface area contributed by atoms with E-state index in [1.165, 1.54) is 0 Å². The lowest BCUT2D eigenvalue weighted by Gasteiger charge is -2.34. The van der Waals surface area contributed by atoms with Crippen molar-refractivity contribution in [3.63, 3.8) is 0 Å². The second-order valence-corrected chi connectivity index (χ2v) is 8.48. The molecule has 0 aromatic heterocycles. The number of alkyl halides is 4. The highest BCUT2D eigenvalue weighted by Crippen LogP contribution is 2.50. The molecular formula is C24H14F6O14. The van der Waals surface area contributed by atoms with Crippen LogP contribution in [0.3, 0.4) is 0 Å². The summed E-state index contributed by atoms with van der Waals surface area (Å²) in [5.41, 5.74) is -14.6. The van der Waals surface area contributed by atoms with Crippen LogP contribution in [0.5, 0.6) is 11.5 Å². The lowest BCUT2D eigenvalue weighted by Crippen LogP contribution is -2.71. The van der Waals surface area contributed by atoms with E-state index in [0.29, 0.717) is 18.2 Å². The molecule has 0 aliphatic carbocycles. The number of carboxylic acids is 3. The molecule has 0 spiro atoms. The molecule has 2 aromatic rings. The highest BCUT2D eigenvalue weighted by molar-refractivity contribution is 6.23. The number of aryl methyl sites for hydroxylation is 2. The van der Waals surface area contributed by atoms with Gasteiger partial charge in [-0.25, -0.2) is 38.0 Å². The third-order valence-corrected chi connectivity index (χ3v) is 5.82. The van der Waals surface area contributed by atoms with Crippen molar-refractivity contribution in [1.82, 2.24) is 0 Å². The van der Waals surface area contributed by atoms with Crippen molar-refractivity contribution < 1.29 is 94.9 Å². The van der Waals surface area contributed by atoms with E-state index in [-0.39, 0.29) is 11.1 Å². The summed E-state index contributed by atoms with van der Waals surface area (Å²) in [5.74, 6) is -20.1. The third kappa shape index (κ3) is 5.68. The zero-order chi connectivity index (χ0) is 33.9. The molecule has 14 nitrogen and oxygen atoms in total. The zero-order valence-corrected chi connectivity index (χ0v) is 21.5. The fourth-order valence-corrected chi connectivity index (χ4v) is 3.78. The molecule has 0 saturated heterocycles. The SMILES string of the molecule is Cc1cc(OC(=O)C(C(=O)OF)(C(=O)OF)C(F)(C(=O)O)C(F)(F)F)cc(C)c1OC(=O)c1ccc(C(=O)O)c(C(=O)O)c1. The van der Waals surface area contributed by atoms with Gasteiger partial charge in [-0.05, 0) is 55.3 Å². The molecule has 1 unspecified atom stereocenters. The standard InChI is InChI=1S/C24H14F6O14/c1-8-5-11(6-9(2)14(8)42-17(35)10-3-4-12(15(31)32)13(7-10)16(33)34)41-19(38)22(20(39)43-29,21(40)44-30)23(25,18(36)37)24(26,27)28/h3-7H,1-2H3,(H,31,32)(H,33,34)(H,36,37). The van der Waals surface area contributed by atoms with Crippen LogP contribution >= 0.6 is 0 Å². The molecule has 0 radical (unpaired) electrons. The second-order valence-electron chi connectivity index (χ2n) is 8.48. The summed E-state index contributed by atoms with van der Waals surface area (Å²) in [6, 6.07) is 3.56. The normalized spacial score (nSPS) is 12.7. The molecular weight excluding hydrogens is 626 g/mol. The van der Waals surface area contributed by atoms with Gasteiger partial charge in [-0.3, -0.25) is 9.88 Å². The first-order valence-corrected chi connectivity index (χ1v) is 11.0. The summed E-state index contributed by atoms with van der Waals surface area (Å²) in [7, 11) is 0. The van der Waals surface area contributed by atoms with Crippen LogP contribution in [0.15, 0.2) is 30.3 Å². The predicted octanol–water partition coefficient (Wildman–Crippen LogP) is 3.02. The van der Waals surface area contributed by atoms with Crippen LogP contribution in [0.1, 0.15) is 42.2 Å². The Morgan fingerprint density at radius 1 is 0.682 bits per heavy atom. The fourth-order valence-electron chi connectivity index (χ4n) is 3.78. The van der Waals surface area contributed by atoms with Crippen LogP contribution < -0.4 is 9.47 Å². The van der Waals surface area contributed by atoms with Crippen molar-refractivity contribution in [3.05, 3.63) is 58.1 Å². The molecule has 0 bridgehead atoms. The Kier molecular flexibility index (Phi) is 9.63. The smallest absolute Gasteiger partial charge is 0.435 e. The Bertz CT molecular complexity index is 1540. The number of rotatable bonds is 10. The van der Waals surface area contributed by atoms with Crippen LogP contribution in [0.2, 0.25) is 0 Å². The van der Waals surface area contributed by atoms with Gasteiger partial charge in [-0.2, -0.15) is 13.2 Å². The molecule has 0 amide bonds. The van der Waals surface area contributed by atoms with E-state index in [4.69, 9.17) is 14.9 Å². The van der Waals surface area contributed by atoms with Gasteiger partial charge in [-0.1, -0.05) is 0 Å². The summed E-state index contributed by atoms with van der Waals surface area (Å²) in [6.45, 7) is 2.16. The number of aliphatic carboxylic acids is 1. The highest BCUT2D eigenvalue weighted by atomic mass is 19.4. The lowest BCUT2D eigenvalue weighted by atomic mass is 9.71. The van der Waals surface area contributed by atoms with E-state index in [0.717, 1.165) is 26.0 Å². The summed E-state index contributed by atoms with van der Waals surface area (Å²) in [5, 5.41) is 27.2. The minimum Gasteiger partial charge on any atom is -0.479 e. The molecule has 1 atom stereocenters. The number of halogens is 6. The molecule has 20 heteroatoms. The van der Waals surface area contributed by atoms with Crippen molar-refractivity contribution in [2.24, 2.45) is 5.41 Å². The Balaban J connectivity index is 2.60. The van der Waals surface area contributed by atoms with Crippen LogP contribution in [-0.2, 0) is 29.1 Å². The molecule has 0 aliphatic heterocycles. The van der Waals surface area contributed by atoms with Crippen LogP contribution in [0, 0.1) is 19.3 Å². The number of esters is 2. The van der Waals surface area contributed by atoms with Crippen molar-refractivity contribution in [2.45, 2.75) is 25.7 Å². The van der Waals surface area contributed by atoms with Crippen molar-refractivity contribution in [1.29, 1.82) is 0 Å². The largest absolute Gasteiger partial charge is 0.479 e. The molecule has 2 aromatic carbocycles. The summed E-state index contributed by atoms with van der Waals surface area (Å²) >= 11 is 0. The van der Waals surface area contributed by atoms with E-state index in [1.807, 2.05) is 0 Å². The van der Waals surface area contributed by atoms with E-state index < -0.39 is 87.2 Å². The van der Waals surface area contributed by atoms with Gasteiger partial charge in [0.25, 0.3) is 0 Å². The molecule has 44 heavy (non-hydrogen) atoms. The summed E-state index contributed by atoms with van der Waals surface area (Å²) < 4.78 is 91.0. The van der Waals surface area contributed by atoms with E-state index >= 15 is 4.39 Å². The van der Waals surface area contributed by atoms with Gasteiger partial charge in [-0.15, -0.1) is 0 Å². The van der Waals surface area contributed by atoms with E-state index in [9.17, 15) is 60.9 Å². The Morgan fingerprint density at radius 2 is 1.16 bits per heavy atom. The number of carbonyl (C=O) groups is 7. The topological polar surface area (TPSA) is 217 Å². The van der Waals surface area contributed by atoms with Gasteiger partial charge in [0.15, 0.2) is 0 Å². The zero-order valence-electron chi connectivity index (χ0n) is 21.5. The fraction of sp³-hybridized carbons (Fsp3) is 0.208. The highest BCUT2D eigenvalue weighted by Gasteiger charge is 2.86. The predicted molar refractivity (Wildman–Crippen MR) is 121 cm³/mol. The van der Waals surface area contributed by atoms with Crippen LogP contribution in [-0.4, -0.2) is 68.9 Å². The Morgan fingerprint density at radius 3 is 1.55 bits per heavy atom. The van der Waals surface area contributed by atoms with E-state index in [2.05, 4.69) is 14.6 Å². The number of ether oxygens (including phenoxy) is 2. The maximum absolute atomic E-state index is 15.2. The summed E-state index contributed by atoms with van der Waals surface area (Å²) in [4.78, 5) is 87.8. The van der Waals surface area contributed by atoms with Gasteiger partial charge in [0.1, 0.15) is 11.5 Å². The number of hydrogen-bond acceptors (Lipinski definition) is 11. The number of benzene rings is 2. The number of carbonyl (C=O) groups excluding carboxylic acids is 4. The molecule has 2 rings (SSSR count). The molecule has 0 fully saturated rings. The quantitative estimate of drug-likeness (QED) is 0.147. The third-order valence-electron chi connectivity index (χ3n) is 5.82. The van der Waals surface area contributed by atoms with E-state index in [1.54, 1.807) is 0 Å². The summed E-state index contributed by atoms with van der Waals surface area (Å²) in [6.07, 6.45) is -6.92. The number of aromatic carboxylic acids is 2. The molecule has 3 N–H and O–H groups in total. The van der Waals surface area contributed by atoms with Crippen LogP contribution in [0.25, 0.3) is 0 Å². The minimum absolute atomic E-state index is 0.269. The second kappa shape index (κ2) is 12.3. The van der Waals surface area contributed by atoms with Gasteiger partial charge < -0.3 is 24.8 Å². The molecule has 0 saturated carbocycles. The van der Waals surface area contributed by atoms with Crippen molar-refractivity contribution >= 4 is 41.8 Å². The average molecular weight is 640 g/mol. The number of carboxylic acid groups (broad SMARTS) is 3. The monoisotopic (exact) mass is 640 g/mol. The van der Waals surface area contributed by atoms with Gasteiger partial charge in [0.2, 0.25) is 0 Å². The molecule has 0 heterocycles. The number of hydrogen-bond donors (Lipinski definition) is 3. The van der Waals surface area contributed by atoms with Gasteiger partial charge in [0.05, 0.1) is 16.7 Å². The first-order valence-electron chi connectivity index (χ1n) is 11.0. The van der Waals surface area contributed by atoms with Gasteiger partial charge in [0, 0.05) is 9.05 Å². The molecule has 236 valence electrons. The lowest BCUT2D eigenvalue weighted by molar-refractivity contribution is -0.282. The minimum atomic E-state index is -6.92. The Hall–Kier alpha value is -5.69. The first-order chi connectivity index (χ1) is 20.2. The first kappa shape index (κ1) is 34.5.